The molecule has 0 fully saturated rings. The average molecular weight is 583 g/mol. The second-order valence-corrected chi connectivity index (χ2v) is 14.0. The molecule has 0 bridgehead atoms. The molecule has 0 N–H and O–H groups in total. The molecule has 45 heavy (non-hydrogen) atoms. The van der Waals surface area contributed by atoms with Crippen molar-refractivity contribution in [2.24, 2.45) is 0 Å². The van der Waals surface area contributed by atoms with Crippen LogP contribution in [-0.2, 0) is 5.41 Å². The molecule has 0 unspecified atom stereocenters. The van der Waals surface area contributed by atoms with Gasteiger partial charge in [0.25, 0.3) is 0 Å². The van der Waals surface area contributed by atoms with E-state index in [9.17, 15) is 0 Å². The van der Waals surface area contributed by atoms with Crippen LogP contribution in [0.5, 0.6) is 0 Å². The number of benzene rings is 6. The molecule has 2 aliphatic rings. The zero-order chi connectivity index (χ0) is 31.2. The van der Waals surface area contributed by atoms with Gasteiger partial charge >= 0.3 is 0 Å². The zero-order valence-electron chi connectivity index (χ0n) is 26.8. The summed E-state index contributed by atoms with van der Waals surface area (Å²) in [5.41, 5.74) is 12.9. The Kier molecular flexibility index (Phi) is 5.77. The van der Waals surface area contributed by atoms with Gasteiger partial charge in [-0.2, -0.15) is 0 Å². The van der Waals surface area contributed by atoms with Gasteiger partial charge in [0.05, 0.1) is 11.4 Å². The highest BCUT2D eigenvalue weighted by Crippen LogP contribution is 2.53. The highest BCUT2D eigenvalue weighted by Gasteiger charge is 2.37. The number of rotatable bonds is 2. The van der Waals surface area contributed by atoms with Gasteiger partial charge in [0, 0.05) is 44.5 Å². The van der Waals surface area contributed by atoms with Crippen molar-refractivity contribution in [3.63, 3.8) is 0 Å². The van der Waals surface area contributed by atoms with E-state index in [0.29, 0.717) is 0 Å². The summed E-state index contributed by atoms with van der Waals surface area (Å²) in [4.78, 5) is 4.73. The second-order valence-electron chi connectivity index (χ2n) is 14.0. The van der Waals surface area contributed by atoms with E-state index in [1.807, 2.05) is 0 Å². The second kappa shape index (κ2) is 9.46. The molecular formula is C43H38N2. The van der Waals surface area contributed by atoms with Crippen LogP contribution in [0.15, 0.2) is 128 Å². The fourth-order valence-electron chi connectivity index (χ4n) is 8.01. The summed E-state index contributed by atoms with van der Waals surface area (Å²) in [6, 6.07) is 42.3. The number of nitrogens with zero attached hydrogens (tertiary/aromatic N) is 2. The van der Waals surface area contributed by atoms with Crippen LogP contribution in [0.4, 0.5) is 17.1 Å². The molecule has 2 heterocycles. The van der Waals surface area contributed by atoms with Crippen LogP contribution in [0.2, 0.25) is 0 Å². The lowest BCUT2D eigenvalue weighted by molar-refractivity contribution is 0.312. The van der Waals surface area contributed by atoms with Crippen molar-refractivity contribution in [1.82, 2.24) is 4.90 Å². The van der Waals surface area contributed by atoms with Crippen molar-refractivity contribution in [3.05, 3.63) is 151 Å². The molecule has 0 saturated carbocycles. The van der Waals surface area contributed by atoms with Gasteiger partial charge in [0.1, 0.15) is 0 Å². The van der Waals surface area contributed by atoms with Crippen molar-refractivity contribution in [1.29, 1.82) is 0 Å². The van der Waals surface area contributed by atoms with E-state index in [2.05, 4.69) is 173 Å². The lowest BCUT2D eigenvalue weighted by Gasteiger charge is -2.44. The molecule has 6 aromatic carbocycles. The standard InChI is InChI=1S/C43H38N2/c1-27-31-17-14-18-34-40(33-16-9-8-15-32(33)39(41(31)34)28(2)45(27)42(3,4)5)29-23-25-30(26-24-29)44-37-21-12-10-19-35(37)43(6,7)36-20-11-13-22-38(36)44/h8-26H,1-2H2,3-7H3. The number of hydrogen-bond acceptors (Lipinski definition) is 2. The first-order valence-corrected chi connectivity index (χ1v) is 15.8. The molecule has 0 atom stereocenters. The summed E-state index contributed by atoms with van der Waals surface area (Å²) in [6.45, 7) is 20.6. The molecule has 0 spiro atoms. The summed E-state index contributed by atoms with van der Waals surface area (Å²) in [6.07, 6.45) is 0. The van der Waals surface area contributed by atoms with Crippen LogP contribution in [0.3, 0.4) is 0 Å². The fraction of sp³-hybridized carbons (Fsp3) is 0.163. The van der Waals surface area contributed by atoms with Crippen molar-refractivity contribution >= 4 is 50.0 Å². The molecule has 0 amide bonds. The summed E-state index contributed by atoms with van der Waals surface area (Å²) < 4.78 is 0. The largest absolute Gasteiger partial charge is 0.336 e. The molecular weight excluding hydrogens is 544 g/mol. The average Bonchev–Trinajstić information content (AvgIpc) is 3.03. The van der Waals surface area contributed by atoms with Crippen LogP contribution >= 0.6 is 0 Å². The van der Waals surface area contributed by atoms with Gasteiger partial charge in [0.15, 0.2) is 0 Å². The Balaban J connectivity index is 1.34. The molecule has 2 heteroatoms. The van der Waals surface area contributed by atoms with Gasteiger partial charge in [-0.05, 0) is 83.4 Å². The maximum Gasteiger partial charge on any atom is 0.0502 e. The van der Waals surface area contributed by atoms with E-state index in [0.717, 1.165) is 17.1 Å². The number of hydrogen-bond donors (Lipinski definition) is 0. The van der Waals surface area contributed by atoms with Gasteiger partial charge in [-0.25, -0.2) is 0 Å². The molecule has 2 aliphatic heterocycles. The van der Waals surface area contributed by atoms with Gasteiger partial charge in [-0.3, -0.25) is 0 Å². The summed E-state index contributed by atoms with van der Waals surface area (Å²) >= 11 is 0. The Hall–Kier alpha value is -5.08. The molecule has 0 aromatic heterocycles. The molecule has 0 aliphatic carbocycles. The molecule has 2 nitrogen and oxygen atoms in total. The van der Waals surface area contributed by atoms with Crippen LogP contribution in [-0.4, -0.2) is 10.4 Å². The summed E-state index contributed by atoms with van der Waals surface area (Å²) in [5, 5.41) is 4.94. The Morgan fingerprint density at radius 2 is 1.09 bits per heavy atom. The number of fused-ring (bicyclic) bond motifs is 4. The molecule has 8 rings (SSSR count). The minimum atomic E-state index is -0.148. The van der Waals surface area contributed by atoms with E-state index in [1.165, 1.54) is 66.3 Å². The fourth-order valence-corrected chi connectivity index (χ4v) is 8.01. The van der Waals surface area contributed by atoms with Crippen LogP contribution in [0.25, 0.3) is 44.1 Å². The first-order valence-electron chi connectivity index (χ1n) is 15.8. The van der Waals surface area contributed by atoms with Gasteiger partial charge in [0.2, 0.25) is 0 Å². The summed E-state index contributed by atoms with van der Waals surface area (Å²) in [7, 11) is 0. The third kappa shape index (κ3) is 3.82. The first kappa shape index (κ1) is 27.5. The topological polar surface area (TPSA) is 6.48 Å². The molecule has 0 saturated heterocycles. The van der Waals surface area contributed by atoms with E-state index in [4.69, 9.17) is 0 Å². The zero-order valence-corrected chi connectivity index (χ0v) is 26.8. The number of anilines is 3. The third-order valence-electron chi connectivity index (χ3n) is 9.91. The van der Waals surface area contributed by atoms with Crippen molar-refractivity contribution < 1.29 is 0 Å². The van der Waals surface area contributed by atoms with E-state index in [-0.39, 0.29) is 11.0 Å². The van der Waals surface area contributed by atoms with Crippen molar-refractivity contribution in [2.75, 3.05) is 4.90 Å². The highest BCUT2D eigenvalue weighted by atomic mass is 15.2. The van der Waals surface area contributed by atoms with Crippen molar-refractivity contribution in [2.45, 2.75) is 45.6 Å². The monoisotopic (exact) mass is 582 g/mol. The van der Waals surface area contributed by atoms with E-state index >= 15 is 0 Å². The molecule has 0 radical (unpaired) electrons. The van der Waals surface area contributed by atoms with Gasteiger partial charge in [-0.15, -0.1) is 0 Å². The quantitative estimate of drug-likeness (QED) is 0.187. The van der Waals surface area contributed by atoms with Crippen molar-refractivity contribution in [3.8, 4) is 11.1 Å². The predicted octanol–water partition coefficient (Wildman–Crippen LogP) is 11.8. The lowest BCUT2D eigenvalue weighted by Crippen LogP contribution is -2.39. The van der Waals surface area contributed by atoms with Gasteiger partial charge in [-0.1, -0.05) is 118 Å². The van der Waals surface area contributed by atoms with E-state index < -0.39 is 0 Å². The minimum absolute atomic E-state index is 0.0809. The smallest absolute Gasteiger partial charge is 0.0502 e. The van der Waals surface area contributed by atoms with E-state index in [1.54, 1.807) is 0 Å². The Morgan fingerprint density at radius 3 is 1.69 bits per heavy atom. The lowest BCUT2D eigenvalue weighted by atomic mass is 9.73. The SMILES string of the molecule is C=C1c2cccc3c(-c4ccc(N5c6ccccc6C(C)(C)c6ccccc65)cc4)c4ccccc4c(c23)C(=C)N1C(C)(C)C. The predicted molar refractivity (Wildman–Crippen MR) is 193 cm³/mol. The van der Waals surface area contributed by atoms with Crippen LogP contribution in [0, 0.1) is 0 Å². The maximum absolute atomic E-state index is 4.66. The highest BCUT2D eigenvalue weighted by molar-refractivity contribution is 6.22. The normalized spacial score (nSPS) is 15.4. The Labute approximate surface area is 266 Å². The maximum atomic E-state index is 4.66. The van der Waals surface area contributed by atoms with Crippen LogP contribution < -0.4 is 4.90 Å². The number of para-hydroxylation sites is 2. The Morgan fingerprint density at radius 1 is 0.556 bits per heavy atom. The Bertz CT molecular complexity index is 2160. The van der Waals surface area contributed by atoms with Crippen LogP contribution in [0.1, 0.15) is 56.9 Å². The van der Waals surface area contributed by atoms with Gasteiger partial charge < -0.3 is 9.80 Å². The third-order valence-corrected chi connectivity index (χ3v) is 9.91. The minimum Gasteiger partial charge on any atom is -0.336 e. The molecule has 220 valence electrons. The first-order chi connectivity index (χ1) is 21.6. The molecule has 6 aromatic rings. The summed E-state index contributed by atoms with van der Waals surface area (Å²) in [5.74, 6) is 0.